The van der Waals surface area contributed by atoms with Crippen molar-refractivity contribution >= 4 is 25.0 Å². The van der Waals surface area contributed by atoms with E-state index < -0.39 is 0 Å². The molecule has 3 rings (SSSR count). The maximum absolute atomic E-state index is 13.5. The first-order chi connectivity index (χ1) is 16.8. The van der Waals surface area contributed by atoms with Gasteiger partial charge in [-0.25, -0.2) is 9.79 Å². The van der Waals surface area contributed by atoms with Crippen LogP contribution in [0.15, 0.2) is 52.2 Å². The van der Waals surface area contributed by atoms with Gasteiger partial charge in [-0.3, -0.25) is 14.7 Å². The summed E-state index contributed by atoms with van der Waals surface area (Å²) in [4.78, 5) is 39.7. The third kappa shape index (κ3) is 5.62. The van der Waals surface area contributed by atoms with Crippen LogP contribution in [-0.2, 0) is 15.1 Å². The molecule has 0 aromatic heterocycles. The number of rotatable bonds is 10. The van der Waals surface area contributed by atoms with Gasteiger partial charge in [-0.2, -0.15) is 0 Å². The number of carbonyl (C=O) groups excluding carboxylic acids is 2. The highest BCUT2D eigenvalue weighted by atomic mass is 16.5. The summed E-state index contributed by atoms with van der Waals surface area (Å²) in [6.07, 6.45) is 6.49. The number of benzene rings is 1. The fraction of sp³-hybridized carbons (Fsp3) is 0.538. The lowest BCUT2D eigenvalue weighted by molar-refractivity contribution is -0.120. The maximum Gasteiger partial charge on any atom is 0.321 e. The van der Waals surface area contributed by atoms with E-state index in [0.717, 1.165) is 25.7 Å². The standard InChI is InChI=1S/C26H38N6O3/c1-6-22(28-20-27-2)29-23(33)18-31-19-25(32(24(31)34)16-17-35-5)12-14-26(15-13-25,30(3)4)21-10-8-7-9-11-21/h6-11,20H,2,12-19H2,1,3-5H3,(H,29,33)/b22-6+,28-20-/t25-,26+. The second-order valence-corrected chi connectivity index (χ2v) is 9.45. The molecule has 1 spiro atoms. The minimum atomic E-state index is -0.321. The molecule has 1 N–H and O–H groups in total. The SMILES string of the molecule is C=N/C=N\C(=C/C)NC(=O)CN1C[C@]2(CC[C@](c3ccccc3)(N(C)C)CC2)N(CCOC)C1=O. The normalized spacial score (nSPS) is 25.2. The third-order valence-corrected chi connectivity index (χ3v) is 7.41. The number of urea groups is 1. The number of amides is 3. The molecule has 3 amide bonds. The summed E-state index contributed by atoms with van der Waals surface area (Å²) in [5.41, 5.74) is 0.904. The van der Waals surface area contributed by atoms with Crippen molar-refractivity contribution in [3.63, 3.8) is 0 Å². The minimum absolute atomic E-state index is 0.0318. The summed E-state index contributed by atoms with van der Waals surface area (Å²) >= 11 is 0. The van der Waals surface area contributed by atoms with Crippen molar-refractivity contribution in [2.45, 2.75) is 43.7 Å². The molecule has 2 aliphatic rings. The van der Waals surface area contributed by atoms with E-state index in [2.05, 4.69) is 65.3 Å². The zero-order chi connectivity index (χ0) is 25.5. The summed E-state index contributed by atoms with van der Waals surface area (Å²) in [7, 11) is 5.91. The molecule has 0 atom stereocenters. The zero-order valence-corrected chi connectivity index (χ0v) is 21.4. The van der Waals surface area contributed by atoms with Crippen molar-refractivity contribution in [1.29, 1.82) is 0 Å². The molecule has 1 saturated carbocycles. The molecule has 1 aromatic rings. The van der Waals surface area contributed by atoms with Crippen LogP contribution in [0, 0.1) is 0 Å². The summed E-state index contributed by atoms with van der Waals surface area (Å²) in [6.45, 7) is 6.56. The Bertz CT molecular complexity index is 951. The Labute approximate surface area is 208 Å². The Kier molecular flexibility index (Phi) is 8.80. The average Bonchev–Trinajstić information content (AvgIpc) is 3.11. The smallest absolute Gasteiger partial charge is 0.321 e. The van der Waals surface area contributed by atoms with E-state index in [0.29, 0.717) is 25.5 Å². The van der Waals surface area contributed by atoms with Gasteiger partial charge in [0.15, 0.2) is 0 Å². The highest BCUT2D eigenvalue weighted by Crippen LogP contribution is 2.48. The summed E-state index contributed by atoms with van der Waals surface area (Å²) in [6, 6.07) is 10.5. The number of methoxy groups -OCH3 is 1. The van der Waals surface area contributed by atoms with Crippen LogP contribution in [0.25, 0.3) is 0 Å². The van der Waals surface area contributed by atoms with Crippen LogP contribution in [0.3, 0.4) is 0 Å². The Hall–Kier alpha value is -3.04. The Morgan fingerprint density at radius 3 is 2.49 bits per heavy atom. The molecule has 190 valence electrons. The maximum atomic E-state index is 13.5. The van der Waals surface area contributed by atoms with Crippen molar-refractivity contribution < 1.29 is 14.3 Å². The van der Waals surface area contributed by atoms with Crippen LogP contribution in [0.2, 0.25) is 0 Å². The Morgan fingerprint density at radius 2 is 1.91 bits per heavy atom. The summed E-state index contributed by atoms with van der Waals surface area (Å²) in [5, 5.41) is 2.74. The molecular formula is C26H38N6O3. The number of aliphatic imine (C=N–C) groups is 2. The fourth-order valence-electron chi connectivity index (χ4n) is 5.46. The van der Waals surface area contributed by atoms with Crippen molar-refractivity contribution in [3.8, 4) is 0 Å². The first-order valence-electron chi connectivity index (χ1n) is 12.0. The van der Waals surface area contributed by atoms with Crippen molar-refractivity contribution in [2.24, 2.45) is 9.98 Å². The van der Waals surface area contributed by atoms with E-state index >= 15 is 0 Å². The quantitative estimate of drug-likeness (QED) is 0.410. The van der Waals surface area contributed by atoms with Crippen LogP contribution in [0.1, 0.15) is 38.2 Å². The van der Waals surface area contributed by atoms with Crippen LogP contribution in [0.4, 0.5) is 4.79 Å². The van der Waals surface area contributed by atoms with E-state index in [1.807, 2.05) is 11.0 Å². The first-order valence-corrected chi connectivity index (χ1v) is 12.0. The van der Waals surface area contributed by atoms with E-state index in [1.165, 1.54) is 11.9 Å². The molecule has 1 heterocycles. The van der Waals surface area contributed by atoms with Gasteiger partial charge in [-0.1, -0.05) is 30.3 Å². The van der Waals surface area contributed by atoms with Crippen molar-refractivity contribution in [1.82, 2.24) is 20.0 Å². The number of nitrogens with zero attached hydrogens (tertiary/aromatic N) is 5. The highest BCUT2D eigenvalue weighted by molar-refractivity contribution is 5.87. The molecule has 1 aromatic carbocycles. The van der Waals surface area contributed by atoms with Gasteiger partial charge in [0.25, 0.3) is 0 Å². The molecule has 2 fully saturated rings. The van der Waals surface area contributed by atoms with Crippen LogP contribution < -0.4 is 5.32 Å². The minimum Gasteiger partial charge on any atom is -0.383 e. The van der Waals surface area contributed by atoms with E-state index in [9.17, 15) is 9.59 Å². The van der Waals surface area contributed by atoms with Gasteiger partial charge in [-0.15, -0.1) is 0 Å². The topological polar surface area (TPSA) is 89.8 Å². The molecule has 0 unspecified atom stereocenters. The largest absolute Gasteiger partial charge is 0.383 e. The number of hydrogen-bond donors (Lipinski definition) is 1. The van der Waals surface area contributed by atoms with Gasteiger partial charge in [0, 0.05) is 25.7 Å². The molecule has 9 nitrogen and oxygen atoms in total. The molecule has 1 aliphatic heterocycles. The second-order valence-electron chi connectivity index (χ2n) is 9.45. The number of ether oxygens (including phenoxy) is 1. The van der Waals surface area contributed by atoms with Gasteiger partial charge >= 0.3 is 6.03 Å². The number of allylic oxidation sites excluding steroid dienone is 1. The summed E-state index contributed by atoms with van der Waals surface area (Å²) in [5.74, 6) is 0.0791. The van der Waals surface area contributed by atoms with E-state index in [-0.39, 0.29) is 29.6 Å². The van der Waals surface area contributed by atoms with Gasteiger partial charge in [0.1, 0.15) is 18.7 Å². The molecule has 9 heteroatoms. The Balaban J connectivity index is 1.78. The fourth-order valence-corrected chi connectivity index (χ4v) is 5.46. The zero-order valence-electron chi connectivity index (χ0n) is 21.4. The number of nitrogens with one attached hydrogen (secondary N) is 1. The van der Waals surface area contributed by atoms with Gasteiger partial charge in [-0.05, 0) is 65.1 Å². The lowest BCUT2D eigenvalue weighted by Gasteiger charge is -2.51. The number of carbonyl (C=O) groups is 2. The van der Waals surface area contributed by atoms with Crippen molar-refractivity contribution in [2.75, 3.05) is 47.4 Å². The molecule has 35 heavy (non-hydrogen) atoms. The molecule has 1 aliphatic carbocycles. The average molecular weight is 483 g/mol. The predicted octanol–water partition coefficient (Wildman–Crippen LogP) is 2.85. The van der Waals surface area contributed by atoms with Gasteiger partial charge < -0.3 is 19.9 Å². The van der Waals surface area contributed by atoms with Crippen molar-refractivity contribution in [3.05, 3.63) is 47.8 Å². The predicted molar refractivity (Wildman–Crippen MR) is 138 cm³/mol. The molecular weight excluding hydrogens is 444 g/mol. The Morgan fingerprint density at radius 1 is 1.23 bits per heavy atom. The second kappa shape index (κ2) is 11.6. The first kappa shape index (κ1) is 26.6. The van der Waals surface area contributed by atoms with Crippen LogP contribution in [0.5, 0.6) is 0 Å². The molecule has 0 bridgehead atoms. The van der Waals surface area contributed by atoms with E-state index in [4.69, 9.17) is 4.74 Å². The molecule has 1 saturated heterocycles. The van der Waals surface area contributed by atoms with Gasteiger partial charge in [0.2, 0.25) is 5.91 Å². The van der Waals surface area contributed by atoms with Crippen LogP contribution >= 0.6 is 0 Å². The lowest BCUT2D eigenvalue weighted by Crippen LogP contribution is -2.56. The van der Waals surface area contributed by atoms with Gasteiger partial charge in [0.05, 0.1) is 12.1 Å². The van der Waals surface area contributed by atoms with Crippen LogP contribution in [-0.4, -0.2) is 92.7 Å². The lowest BCUT2D eigenvalue weighted by atomic mass is 9.68. The highest BCUT2D eigenvalue weighted by Gasteiger charge is 2.54. The molecule has 0 radical (unpaired) electrons. The van der Waals surface area contributed by atoms with E-state index in [1.54, 1.807) is 25.0 Å². The monoisotopic (exact) mass is 482 g/mol. The third-order valence-electron chi connectivity index (χ3n) is 7.41. The number of hydrogen-bond acceptors (Lipinski definition) is 5. The summed E-state index contributed by atoms with van der Waals surface area (Å²) < 4.78 is 5.32.